The van der Waals surface area contributed by atoms with Gasteiger partial charge in [0, 0.05) is 28.5 Å². The molecule has 0 aliphatic carbocycles. The van der Waals surface area contributed by atoms with Crippen molar-refractivity contribution in [1.29, 1.82) is 0 Å². The maximum atomic E-state index is 10.6. The summed E-state index contributed by atoms with van der Waals surface area (Å²) in [4.78, 5) is 10.6. The summed E-state index contributed by atoms with van der Waals surface area (Å²) in [6.45, 7) is 0.581. The number of halogens is 1. The molecule has 0 saturated carbocycles. The summed E-state index contributed by atoms with van der Waals surface area (Å²) in [6.07, 6.45) is 5.41. The highest BCUT2D eigenvalue weighted by atomic mass is 35.5. The van der Waals surface area contributed by atoms with Crippen LogP contribution in [0.25, 0.3) is 0 Å². The average Bonchev–Trinajstić information content (AvgIpc) is 2.78. The Hall–Kier alpha value is -2.08. The number of benzene rings is 2. The van der Waals surface area contributed by atoms with Gasteiger partial charge in [0.15, 0.2) is 6.29 Å². The average molecular weight is 447 g/mol. The van der Waals surface area contributed by atoms with Gasteiger partial charge in [-0.05, 0) is 25.0 Å². The quantitative estimate of drug-likeness (QED) is 0.395. The highest BCUT2D eigenvalue weighted by Gasteiger charge is 2.35. The predicted octanol–water partition coefficient (Wildman–Crippen LogP) is 6.57. The molecule has 3 atom stereocenters. The van der Waals surface area contributed by atoms with Crippen molar-refractivity contribution in [2.24, 2.45) is 5.92 Å². The molecular formula is C25H31ClO5. The molecule has 0 radical (unpaired) electrons. The van der Waals surface area contributed by atoms with E-state index < -0.39 is 12.3 Å². The third-order valence-electron chi connectivity index (χ3n) is 5.73. The van der Waals surface area contributed by atoms with E-state index in [1.54, 1.807) is 7.11 Å². The highest BCUT2D eigenvalue weighted by molar-refractivity contribution is 6.31. The maximum absolute atomic E-state index is 10.6. The van der Waals surface area contributed by atoms with Crippen molar-refractivity contribution in [2.75, 3.05) is 13.7 Å². The third kappa shape index (κ3) is 6.70. The number of rotatable bonds is 11. The summed E-state index contributed by atoms with van der Waals surface area (Å²) in [5.41, 5.74) is 1.86. The molecule has 1 saturated heterocycles. The van der Waals surface area contributed by atoms with Crippen LogP contribution in [0.4, 0.5) is 0 Å². The van der Waals surface area contributed by atoms with E-state index in [0.717, 1.165) is 55.4 Å². The number of unbranched alkanes of at least 4 members (excludes halogenated alkanes) is 4. The Morgan fingerprint density at radius 1 is 1.03 bits per heavy atom. The van der Waals surface area contributed by atoms with Gasteiger partial charge in [0.05, 0.1) is 19.8 Å². The minimum absolute atomic E-state index is 0.154. The van der Waals surface area contributed by atoms with Crippen molar-refractivity contribution in [1.82, 2.24) is 0 Å². The molecule has 0 spiro atoms. The van der Waals surface area contributed by atoms with Gasteiger partial charge in [0.25, 0.3) is 0 Å². The molecule has 0 bridgehead atoms. The van der Waals surface area contributed by atoms with Gasteiger partial charge < -0.3 is 19.3 Å². The molecule has 1 heterocycles. The normalized spacial score (nSPS) is 21.0. The lowest BCUT2D eigenvalue weighted by Crippen LogP contribution is -2.31. The molecule has 2 aromatic rings. The van der Waals surface area contributed by atoms with Crippen LogP contribution in [0.3, 0.4) is 0 Å². The Bertz CT molecular complexity index is 840. The van der Waals surface area contributed by atoms with E-state index in [0.29, 0.717) is 11.6 Å². The lowest BCUT2D eigenvalue weighted by molar-refractivity contribution is -0.245. The zero-order valence-corrected chi connectivity index (χ0v) is 18.7. The summed E-state index contributed by atoms with van der Waals surface area (Å²) in [6, 6.07) is 15.6. The molecule has 6 heteroatoms. The predicted molar refractivity (Wildman–Crippen MR) is 120 cm³/mol. The van der Waals surface area contributed by atoms with Crippen LogP contribution >= 0.6 is 11.6 Å². The Kier molecular flexibility index (Phi) is 9.19. The first-order chi connectivity index (χ1) is 15.1. The Morgan fingerprint density at radius 2 is 1.71 bits per heavy atom. The Labute approximate surface area is 189 Å². The minimum Gasteiger partial charge on any atom is -0.496 e. The second-order valence-electron chi connectivity index (χ2n) is 7.95. The summed E-state index contributed by atoms with van der Waals surface area (Å²) >= 11 is 6.39. The number of carbonyl (C=O) groups is 1. The number of aliphatic carboxylic acids is 1. The molecule has 1 N–H and O–H groups in total. The van der Waals surface area contributed by atoms with Gasteiger partial charge >= 0.3 is 5.97 Å². The highest BCUT2D eigenvalue weighted by Crippen LogP contribution is 2.44. The molecule has 0 aromatic heterocycles. The lowest BCUT2D eigenvalue weighted by atomic mass is 9.89. The van der Waals surface area contributed by atoms with Gasteiger partial charge in [-0.3, -0.25) is 4.79 Å². The zero-order valence-electron chi connectivity index (χ0n) is 18.0. The molecule has 2 aromatic carbocycles. The van der Waals surface area contributed by atoms with Crippen molar-refractivity contribution in [2.45, 2.75) is 57.3 Å². The van der Waals surface area contributed by atoms with Crippen molar-refractivity contribution in [3.8, 4) is 5.75 Å². The van der Waals surface area contributed by atoms with E-state index in [1.165, 1.54) is 0 Å². The maximum Gasteiger partial charge on any atom is 0.303 e. The summed E-state index contributed by atoms with van der Waals surface area (Å²) in [7, 11) is 1.68. The fraction of sp³-hybridized carbons (Fsp3) is 0.480. The summed E-state index contributed by atoms with van der Waals surface area (Å²) in [5, 5.41) is 9.37. The van der Waals surface area contributed by atoms with E-state index >= 15 is 0 Å². The first-order valence-electron chi connectivity index (χ1n) is 11.0. The topological polar surface area (TPSA) is 65.0 Å². The van der Waals surface area contributed by atoms with E-state index in [-0.39, 0.29) is 18.4 Å². The molecule has 1 aliphatic heterocycles. The molecule has 3 rings (SSSR count). The molecule has 168 valence electrons. The first-order valence-corrected chi connectivity index (χ1v) is 11.3. The molecule has 0 amide bonds. The monoisotopic (exact) mass is 446 g/mol. The molecule has 31 heavy (non-hydrogen) atoms. The van der Waals surface area contributed by atoms with Crippen LogP contribution in [0.2, 0.25) is 5.02 Å². The van der Waals surface area contributed by atoms with Gasteiger partial charge in [-0.25, -0.2) is 0 Å². The van der Waals surface area contributed by atoms with Crippen LogP contribution in [0.5, 0.6) is 5.75 Å². The number of carboxylic acid groups (broad SMARTS) is 1. The van der Waals surface area contributed by atoms with Gasteiger partial charge in [-0.1, -0.05) is 73.7 Å². The van der Waals surface area contributed by atoms with Gasteiger partial charge in [0.1, 0.15) is 5.75 Å². The SMILES string of the molecule is COc1ccccc1C1OC(c2ccccc2Cl)OCC1CCCCCCCC(=O)O. The zero-order chi connectivity index (χ0) is 22.1. The molecule has 3 unspecified atom stereocenters. The van der Waals surface area contributed by atoms with Gasteiger partial charge in [0.2, 0.25) is 0 Å². The lowest BCUT2D eigenvalue weighted by Gasteiger charge is -2.38. The third-order valence-corrected chi connectivity index (χ3v) is 6.07. The molecule has 5 nitrogen and oxygen atoms in total. The van der Waals surface area contributed by atoms with Crippen molar-refractivity contribution in [3.63, 3.8) is 0 Å². The second-order valence-corrected chi connectivity index (χ2v) is 8.35. The largest absolute Gasteiger partial charge is 0.496 e. The molecular weight excluding hydrogens is 416 g/mol. The summed E-state index contributed by atoms with van der Waals surface area (Å²) < 4.78 is 18.2. The fourth-order valence-corrected chi connectivity index (χ4v) is 4.31. The number of hydrogen-bond donors (Lipinski definition) is 1. The van der Waals surface area contributed by atoms with Crippen molar-refractivity contribution in [3.05, 3.63) is 64.7 Å². The fourth-order valence-electron chi connectivity index (χ4n) is 4.09. The van der Waals surface area contributed by atoms with Crippen molar-refractivity contribution >= 4 is 17.6 Å². The number of hydrogen-bond acceptors (Lipinski definition) is 4. The van der Waals surface area contributed by atoms with E-state index in [4.69, 9.17) is 30.9 Å². The van der Waals surface area contributed by atoms with Crippen LogP contribution in [0.1, 0.15) is 68.5 Å². The molecule has 1 fully saturated rings. The smallest absolute Gasteiger partial charge is 0.303 e. The Morgan fingerprint density at radius 3 is 2.45 bits per heavy atom. The van der Waals surface area contributed by atoms with Crippen LogP contribution in [0.15, 0.2) is 48.5 Å². The second kappa shape index (κ2) is 12.1. The number of methoxy groups -OCH3 is 1. The minimum atomic E-state index is -0.718. The van der Waals surface area contributed by atoms with Gasteiger partial charge in [-0.15, -0.1) is 0 Å². The van der Waals surface area contributed by atoms with E-state index in [9.17, 15) is 4.79 Å². The van der Waals surface area contributed by atoms with E-state index in [2.05, 4.69) is 6.07 Å². The standard InChI is InChI=1S/C25H31ClO5/c1-29-22-15-10-8-13-20(22)24-18(11-5-3-2-4-6-16-23(27)28)17-30-25(31-24)19-12-7-9-14-21(19)26/h7-10,12-15,18,24-25H,2-6,11,16-17H2,1H3,(H,27,28). The number of ether oxygens (including phenoxy) is 3. The van der Waals surface area contributed by atoms with Crippen LogP contribution in [-0.4, -0.2) is 24.8 Å². The van der Waals surface area contributed by atoms with E-state index in [1.807, 2.05) is 42.5 Å². The van der Waals surface area contributed by atoms with Gasteiger partial charge in [-0.2, -0.15) is 0 Å². The first kappa shape index (κ1) is 23.6. The number of para-hydroxylation sites is 1. The van der Waals surface area contributed by atoms with Crippen LogP contribution in [-0.2, 0) is 14.3 Å². The molecule has 1 aliphatic rings. The summed E-state index contributed by atoms with van der Waals surface area (Å²) in [5.74, 6) is 0.296. The Balaban J connectivity index is 1.65. The van der Waals surface area contributed by atoms with Crippen molar-refractivity contribution < 1.29 is 24.1 Å². The number of carboxylic acids is 1. The van der Waals surface area contributed by atoms with Crippen LogP contribution in [0, 0.1) is 5.92 Å². The van der Waals surface area contributed by atoms with Crippen LogP contribution < -0.4 is 4.74 Å².